The van der Waals surface area contributed by atoms with Crippen LogP contribution in [0.25, 0.3) is 0 Å². The van der Waals surface area contributed by atoms with Crippen LogP contribution in [0.5, 0.6) is 0 Å². The van der Waals surface area contributed by atoms with E-state index in [0.29, 0.717) is 26.2 Å². The Kier molecular flexibility index (Phi) is 4.35. The molecule has 4 heteroatoms. The van der Waals surface area contributed by atoms with E-state index >= 15 is 0 Å². The molecule has 1 aliphatic heterocycles. The molecule has 88 valence electrons. The van der Waals surface area contributed by atoms with Crippen LogP contribution in [0, 0.1) is 0 Å². The Morgan fingerprint density at radius 2 is 2.31 bits per heavy atom. The molecule has 0 radical (unpaired) electrons. The van der Waals surface area contributed by atoms with Crippen LogP contribution in [0.15, 0.2) is 28.7 Å². The third-order valence-corrected chi connectivity index (χ3v) is 3.10. The second-order valence-electron chi connectivity index (χ2n) is 3.89. The van der Waals surface area contributed by atoms with Gasteiger partial charge in [0.1, 0.15) is 6.10 Å². The highest BCUT2D eigenvalue weighted by atomic mass is 79.9. The second kappa shape index (κ2) is 5.77. The average molecular weight is 287 g/mol. The molecular formula is C12H15BrO3. The van der Waals surface area contributed by atoms with Gasteiger partial charge in [-0.2, -0.15) is 0 Å². The fourth-order valence-electron chi connectivity index (χ4n) is 1.77. The van der Waals surface area contributed by atoms with Gasteiger partial charge in [-0.1, -0.05) is 28.1 Å². The molecule has 1 N–H and O–H groups in total. The molecule has 0 aromatic heterocycles. The van der Waals surface area contributed by atoms with Crippen LogP contribution in [0.3, 0.4) is 0 Å². The fourth-order valence-corrected chi connectivity index (χ4v) is 2.21. The van der Waals surface area contributed by atoms with Crippen LogP contribution in [-0.4, -0.2) is 37.1 Å². The molecular weight excluding hydrogens is 272 g/mol. The van der Waals surface area contributed by atoms with E-state index in [2.05, 4.69) is 15.9 Å². The van der Waals surface area contributed by atoms with E-state index in [0.717, 1.165) is 10.0 Å². The normalized spacial score (nSPS) is 23.0. The highest BCUT2D eigenvalue weighted by molar-refractivity contribution is 9.10. The highest BCUT2D eigenvalue weighted by Gasteiger charge is 2.23. The predicted octanol–water partition coefficient (Wildman–Crippen LogP) is 1.77. The topological polar surface area (TPSA) is 38.7 Å². The molecule has 0 saturated carbocycles. The zero-order valence-corrected chi connectivity index (χ0v) is 10.5. The number of rotatable bonds is 3. The lowest BCUT2D eigenvalue weighted by molar-refractivity contribution is -0.131. The van der Waals surface area contributed by atoms with Crippen molar-refractivity contribution in [1.29, 1.82) is 0 Å². The van der Waals surface area contributed by atoms with E-state index in [1.54, 1.807) is 0 Å². The van der Waals surface area contributed by atoms with Gasteiger partial charge in [0.25, 0.3) is 0 Å². The summed E-state index contributed by atoms with van der Waals surface area (Å²) < 4.78 is 11.8. The van der Waals surface area contributed by atoms with Crippen LogP contribution in [0.2, 0.25) is 0 Å². The molecule has 1 aliphatic rings. The van der Waals surface area contributed by atoms with Crippen molar-refractivity contribution in [3.63, 3.8) is 0 Å². The molecule has 1 heterocycles. The Bertz CT molecular complexity index is 337. The van der Waals surface area contributed by atoms with Crippen LogP contribution in [0.1, 0.15) is 5.56 Å². The summed E-state index contributed by atoms with van der Waals surface area (Å²) in [6.45, 7) is 1.68. The summed E-state index contributed by atoms with van der Waals surface area (Å²) >= 11 is 3.41. The Morgan fingerprint density at radius 3 is 3.00 bits per heavy atom. The maximum absolute atomic E-state index is 10.00. The lowest BCUT2D eigenvalue weighted by Gasteiger charge is -2.27. The molecule has 2 rings (SSSR count). The van der Waals surface area contributed by atoms with Crippen LogP contribution >= 0.6 is 15.9 Å². The molecule has 16 heavy (non-hydrogen) atoms. The van der Waals surface area contributed by atoms with Gasteiger partial charge in [0, 0.05) is 10.9 Å². The van der Waals surface area contributed by atoms with Gasteiger partial charge < -0.3 is 14.6 Å². The van der Waals surface area contributed by atoms with E-state index < -0.39 is 6.10 Å². The fraction of sp³-hybridized carbons (Fsp3) is 0.500. The van der Waals surface area contributed by atoms with E-state index in [-0.39, 0.29) is 6.10 Å². The van der Waals surface area contributed by atoms with Gasteiger partial charge in [-0.15, -0.1) is 0 Å². The summed E-state index contributed by atoms with van der Waals surface area (Å²) in [5.41, 5.74) is 1.09. The molecule has 0 aliphatic carbocycles. The van der Waals surface area contributed by atoms with Gasteiger partial charge in [-0.05, 0) is 17.7 Å². The molecule has 3 nitrogen and oxygen atoms in total. The molecule has 2 atom stereocenters. The van der Waals surface area contributed by atoms with Crippen LogP contribution in [-0.2, 0) is 15.9 Å². The van der Waals surface area contributed by atoms with E-state index in [1.807, 2.05) is 24.3 Å². The minimum Gasteiger partial charge on any atom is -0.390 e. The molecule has 0 bridgehead atoms. The lowest BCUT2D eigenvalue weighted by Crippen LogP contribution is -2.39. The van der Waals surface area contributed by atoms with Crippen molar-refractivity contribution >= 4 is 15.9 Å². The van der Waals surface area contributed by atoms with E-state index in [4.69, 9.17) is 9.47 Å². The molecule has 1 fully saturated rings. The minimum absolute atomic E-state index is 0.201. The molecule has 2 unspecified atom stereocenters. The van der Waals surface area contributed by atoms with Crippen molar-refractivity contribution < 1.29 is 14.6 Å². The Balaban J connectivity index is 1.93. The monoisotopic (exact) mass is 286 g/mol. The van der Waals surface area contributed by atoms with Gasteiger partial charge in [0.15, 0.2) is 0 Å². The standard InChI is InChI=1S/C12H15BrO3/c13-10-3-1-2-9(6-10)7-11(14)12-8-15-4-5-16-12/h1-3,6,11-12,14H,4-5,7-8H2. The maximum Gasteiger partial charge on any atom is 0.107 e. The lowest BCUT2D eigenvalue weighted by atomic mass is 10.0. The molecule has 0 amide bonds. The smallest absolute Gasteiger partial charge is 0.107 e. The molecule has 0 spiro atoms. The number of halogens is 1. The van der Waals surface area contributed by atoms with Gasteiger partial charge in [-0.25, -0.2) is 0 Å². The summed E-state index contributed by atoms with van der Waals surface area (Å²) in [4.78, 5) is 0. The quantitative estimate of drug-likeness (QED) is 0.921. The first-order valence-corrected chi connectivity index (χ1v) is 6.17. The van der Waals surface area contributed by atoms with Gasteiger partial charge in [0.2, 0.25) is 0 Å². The largest absolute Gasteiger partial charge is 0.390 e. The van der Waals surface area contributed by atoms with Crippen LogP contribution < -0.4 is 0 Å². The Morgan fingerprint density at radius 1 is 1.44 bits per heavy atom. The minimum atomic E-state index is -0.505. The number of aliphatic hydroxyl groups excluding tert-OH is 1. The van der Waals surface area contributed by atoms with Crippen molar-refractivity contribution in [2.75, 3.05) is 19.8 Å². The van der Waals surface area contributed by atoms with Crippen molar-refractivity contribution in [3.8, 4) is 0 Å². The SMILES string of the molecule is OC(Cc1cccc(Br)c1)C1COCCO1. The summed E-state index contributed by atoms with van der Waals surface area (Å²) in [5.74, 6) is 0. The molecule has 1 saturated heterocycles. The third-order valence-electron chi connectivity index (χ3n) is 2.60. The summed E-state index contributed by atoms with van der Waals surface area (Å²) in [6.07, 6.45) is -0.115. The number of aliphatic hydroxyl groups is 1. The number of ether oxygens (including phenoxy) is 2. The predicted molar refractivity (Wildman–Crippen MR) is 64.4 cm³/mol. The van der Waals surface area contributed by atoms with Crippen molar-refractivity contribution in [2.45, 2.75) is 18.6 Å². The zero-order valence-electron chi connectivity index (χ0n) is 8.93. The van der Waals surface area contributed by atoms with Crippen molar-refractivity contribution in [3.05, 3.63) is 34.3 Å². The molecule has 1 aromatic rings. The van der Waals surface area contributed by atoms with Gasteiger partial charge >= 0.3 is 0 Å². The van der Waals surface area contributed by atoms with Crippen LogP contribution in [0.4, 0.5) is 0 Å². The number of hydrogen-bond acceptors (Lipinski definition) is 3. The maximum atomic E-state index is 10.00. The van der Waals surface area contributed by atoms with Crippen molar-refractivity contribution in [1.82, 2.24) is 0 Å². The first kappa shape index (κ1) is 12.0. The highest BCUT2D eigenvalue weighted by Crippen LogP contribution is 2.15. The van der Waals surface area contributed by atoms with Gasteiger partial charge in [-0.3, -0.25) is 0 Å². The zero-order chi connectivity index (χ0) is 11.4. The van der Waals surface area contributed by atoms with Crippen molar-refractivity contribution in [2.24, 2.45) is 0 Å². The van der Waals surface area contributed by atoms with E-state index in [9.17, 15) is 5.11 Å². The summed E-state index contributed by atoms with van der Waals surface area (Å²) in [6, 6.07) is 7.94. The second-order valence-corrected chi connectivity index (χ2v) is 4.80. The first-order valence-electron chi connectivity index (χ1n) is 5.37. The van der Waals surface area contributed by atoms with Gasteiger partial charge in [0.05, 0.1) is 25.9 Å². The summed E-state index contributed by atoms with van der Waals surface area (Å²) in [7, 11) is 0. The third kappa shape index (κ3) is 3.28. The van der Waals surface area contributed by atoms with E-state index in [1.165, 1.54) is 0 Å². The Hall–Kier alpha value is -0.420. The number of benzene rings is 1. The first-order chi connectivity index (χ1) is 7.75. The average Bonchev–Trinajstić information content (AvgIpc) is 2.30. The summed E-state index contributed by atoms with van der Waals surface area (Å²) in [5, 5.41) is 10.00. The number of hydrogen-bond donors (Lipinski definition) is 1. The molecule has 1 aromatic carbocycles. The Labute approximate surface area is 104 Å².